The number of hydrogen-bond acceptors (Lipinski definition) is 4. The first kappa shape index (κ1) is 17.1. The summed E-state index contributed by atoms with van der Waals surface area (Å²) in [5.74, 6) is -0.239. The highest BCUT2D eigenvalue weighted by Gasteiger charge is 2.25. The third-order valence-corrected chi connectivity index (χ3v) is 3.90. The van der Waals surface area contributed by atoms with Crippen LogP contribution >= 0.6 is 15.9 Å². The number of ether oxygens (including phenoxy) is 1. The zero-order chi connectivity index (χ0) is 16.8. The lowest BCUT2D eigenvalue weighted by Gasteiger charge is -2.23. The van der Waals surface area contributed by atoms with Gasteiger partial charge in [-0.05, 0) is 40.5 Å². The van der Waals surface area contributed by atoms with E-state index in [0.717, 1.165) is 10.0 Å². The molecule has 120 valence electrons. The van der Waals surface area contributed by atoms with Crippen molar-refractivity contribution in [2.45, 2.75) is 19.6 Å². The predicted octanol–water partition coefficient (Wildman–Crippen LogP) is 3.68. The van der Waals surface area contributed by atoms with Gasteiger partial charge in [-0.25, -0.2) is 4.79 Å². The second kappa shape index (κ2) is 7.87. The van der Waals surface area contributed by atoms with E-state index in [1.54, 1.807) is 25.3 Å². The van der Waals surface area contributed by atoms with E-state index in [1.165, 1.54) is 11.9 Å². The average Bonchev–Trinajstić information content (AvgIpc) is 2.59. The monoisotopic (exact) mass is 376 g/mol. The Morgan fingerprint density at radius 2 is 1.91 bits per heavy atom. The number of nitrogens with zero attached hydrogens (tertiary/aromatic N) is 2. The molecule has 0 radical (unpaired) electrons. The van der Waals surface area contributed by atoms with Gasteiger partial charge in [-0.15, -0.1) is 0 Å². The van der Waals surface area contributed by atoms with Gasteiger partial charge in [0.1, 0.15) is 12.3 Å². The van der Waals surface area contributed by atoms with Gasteiger partial charge < -0.3 is 9.64 Å². The summed E-state index contributed by atoms with van der Waals surface area (Å²) >= 11 is 3.27. The first-order valence-electron chi connectivity index (χ1n) is 7.08. The normalized spacial score (nSPS) is 11.6. The highest BCUT2D eigenvalue weighted by atomic mass is 79.9. The number of Topliss-reactive ketones (excluding diaryl/α,β-unsaturated/α-hetero) is 1. The SMILES string of the molecule is CC(C(=O)c1ccc(Br)cn1)N(C)C(=O)OCc1ccccc1. The minimum atomic E-state index is -0.660. The molecule has 2 rings (SSSR count). The van der Waals surface area contributed by atoms with E-state index in [2.05, 4.69) is 20.9 Å². The Morgan fingerprint density at radius 1 is 1.22 bits per heavy atom. The van der Waals surface area contributed by atoms with Crippen molar-refractivity contribution >= 4 is 27.8 Å². The summed E-state index contributed by atoms with van der Waals surface area (Å²) < 4.78 is 6.01. The zero-order valence-corrected chi connectivity index (χ0v) is 14.5. The van der Waals surface area contributed by atoms with Crippen LogP contribution in [-0.4, -0.2) is 34.8 Å². The smallest absolute Gasteiger partial charge is 0.410 e. The number of carbonyl (C=O) groups excluding carboxylic acids is 2. The van der Waals surface area contributed by atoms with E-state index in [-0.39, 0.29) is 12.4 Å². The molecule has 2 aromatic rings. The molecule has 0 saturated heterocycles. The Labute approximate surface area is 143 Å². The van der Waals surface area contributed by atoms with Gasteiger partial charge in [-0.1, -0.05) is 30.3 Å². The summed E-state index contributed by atoms with van der Waals surface area (Å²) in [6.07, 6.45) is 1.00. The van der Waals surface area contributed by atoms with Crippen LogP contribution in [0.4, 0.5) is 4.79 Å². The highest BCUT2D eigenvalue weighted by Crippen LogP contribution is 2.12. The Hall–Kier alpha value is -2.21. The number of amides is 1. The lowest BCUT2D eigenvalue weighted by molar-refractivity contribution is 0.0737. The standard InChI is InChI=1S/C17H17BrN2O3/c1-12(16(21)15-9-8-14(18)10-19-15)20(2)17(22)23-11-13-6-4-3-5-7-13/h3-10,12H,11H2,1-2H3. The van der Waals surface area contributed by atoms with Gasteiger partial charge in [0.2, 0.25) is 5.78 Å². The van der Waals surface area contributed by atoms with Gasteiger partial charge in [-0.3, -0.25) is 9.78 Å². The maximum atomic E-state index is 12.3. The van der Waals surface area contributed by atoms with Crippen LogP contribution in [0.3, 0.4) is 0 Å². The molecule has 23 heavy (non-hydrogen) atoms. The average molecular weight is 377 g/mol. The van der Waals surface area contributed by atoms with Crippen LogP contribution in [0.2, 0.25) is 0 Å². The molecule has 6 heteroatoms. The Kier molecular flexibility index (Phi) is 5.87. The van der Waals surface area contributed by atoms with Gasteiger partial charge in [0.25, 0.3) is 0 Å². The van der Waals surface area contributed by atoms with E-state index in [0.29, 0.717) is 5.69 Å². The molecule has 0 aliphatic rings. The predicted molar refractivity (Wildman–Crippen MR) is 90.1 cm³/mol. The Balaban J connectivity index is 1.95. The van der Waals surface area contributed by atoms with Crippen molar-refractivity contribution in [1.29, 1.82) is 0 Å². The van der Waals surface area contributed by atoms with Crippen molar-refractivity contribution in [3.8, 4) is 0 Å². The molecule has 0 aliphatic carbocycles. The lowest BCUT2D eigenvalue weighted by Crippen LogP contribution is -2.40. The van der Waals surface area contributed by atoms with E-state index >= 15 is 0 Å². The first-order chi connectivity index (χ1) is 11.0. The fourth-order valence-electron chi connectivity index (χ4n) is 1.89. The van der Waals surface area contributed by atoms with Crippen molar-refractivity contribution in [2.24, 2.45) is 0 Å². The third kappa shape index (κ3) is 4.63. The second-order valence-corrected chi connectivity index (χ2v) is 5.97. The zero-order valence-electron chi connectivity index (χ0n) is 12.9. The summed E-state index contributed by atoms with van der Waals surface area (Å²) in [5, 5.41) is 0. The van der Waals surface area contributed by atoms with Crippen LogP contribution in [0.1, 0.15) is 23.0 Å². The molecule has 0 N–H and O–H groups in total. The maximum Gasteiger partial charge on any atom is 0.410 e. The number of benzene rings is 1. The summed E-state index contributed by atoms with van der Waals surface area (Å²) in [6.45, 7) is 1.82. The van der Waals surface area contributed by atoms with Crippen LogP contribution in [-0.2, 0) is 11.3 Å². The van der Waals surface area contributed by atoms with E-state index in [4.69, 9.17) is 4.74 Å². The summed E-state index contributed by atoms with van der Waals surface area (Å²) in [5.41, 5.74) is 1.20. The molecule has 0 aliphatic heterocycles. The first-order valence-corrected chi connectivity index (χ1v) is 7.87. The van der Waals surface area contributed by atoms with Crippen LogP contribution in [0.5, 0.6) is 0 Å². The molecule has 0 saturated carbocycles. The molecule has 1 amide bonds. The molecular formula is C17H17BrN2O3. The largest absolute Gasteiger partial charge is 0.445 e. The fourth-order valence-corrected chi connectivity index (χ4v) is 2.13. The second-order valence-electron chi connectivity index (χ2n) is 5.05. The van der Waals surface area contributed by atoms with E-state index in [1.807, 2.05) is 30.3 Å². The number of aromatic nitrogens is 1. The number of hydrogen-bond donors (Lipinski definition) is 0. The molecular weight excluding hydrogens is 360 g/mol. The Morgan fingerprint density at radius 3 is 2.52 bits per heavy atom. The number of likely N-dealkylation sites (N-methyl/N-ethyl adjacent to an activating group) is 1. The molecule has 1 heterocycles. The number of ketones is 1. The van der Waals surface area contributed by atoms with Gasteiger partial charge >= 0.3 is 6.09 Å². The minimum Gasteiger partial charge on any atom is -0.445 e. The summed E-state index contributed by atoms with van der Waals surface area (Å²) in [7, 11) is 1.54. The number of pyridine rings is 1. The number of halogens is 1. The maximum absolute atomic E-state index is 12.3. The topological polar surface area (TPSA) is 59.5 Å². The highest BCUT2D eigenvalue weighted by molar-refractivity contribution is 9.10. The fraction of sp³-hybridized carbons (Fsp3) is 0.235. The molecule has 0 spiro atoms. The van der Waals surface area contributed by atoms with Crippen molar-refractivity contribution < 1.29 is 14.3 Å². The molecule has 0 bridgehead atoms. The van der Waals surface area contributed by atoms with Gasteiger partial charge in [-0.2, -0.15) is 0 Å². The molecule has 1 atom stereocenters. The minimum absolute atomic E-state index is 0.168. The summed E-state index contributed by atoms with van der Waals surface area (Å²) in [6, 6.07) is 12.1. The van der Waals surface area contributed by atoms with Gasteiger partial charge in [0.15, 0.2) is 0 Å². The van der Waals surface area contributed by atoms with Gasteiger partial charge in [0, 0.05) is 17.7 Å². The molecule has 1 aromatic carbocycles. The Bertz CT molecular complexity index is 674. The van der Waals surface area contributed by atoms with E-state index in [9.17, 15) is 9.59 Å². The molecule has 5 nitrogen and oxygen atoms in total. The van der Waals surface area contributed by atoms with Crippen molar-refractivity contribution in [3.05, 3.63) is 64.4 Å². The van der Waals surface area contributed by atoms with Crippen LogP contribution in [0, 0.1) is 0 Å². The molecule has 0 fully saturated rings. The van der Waals surface area contributed by atoms with Crippen LogP contribution < -0.4 is 0 Å². The van der Waals surface area contributed by atoms with Crippen LogP contribution in [0.15, 0.2) is 53.1 Å². The number of rotatable bonds is 5. The number of carbonyl (C=O) groups is 2. The lowest BCUT2D eigenvalue weighted by atomic mass is 10.1. The van der Waals surface area contributed by atoms with Gasteiger partial charge in [0.05, 0.1) is 6.04 Å². The van der Waals surface area contributed by atoms with Crippen molar-refractivity contribution in [1.82, 2.24) is 9.88 Å². The molecule has 1 aromatic heterocycles. The molecule has 1 unspecified atom stereocenters. The van der Waals surface area contributed by atoms with Crippen LogP contribution in [0.25, 0.3) is 0 Å². The van der Waals surface area contributed by atoms with Crippen molar-refractivity contribution in [3.63, 3.8) is 0 Å². The van der Waals surface area contributed by atoms with E-state index < -0.39 is 12.1 Å². The van der Waals surface area contributed by atoms with Crippen molar-refractivity contribution in [2.75, 3.05) is 7.05 Å². The summed E-state index contributed by atoms with van der Waals surface area (Å²) in [4.78, 5) is 29.8. The third-order valence-electron chi connectivity index (χ3n) is 3.43. The quantitative estimate of drug-likeness (QED) is 0.746.